The Morgan fingerprint density at radius 1 is 1.25 bits per heavy atom. The van der Waals surface area contributed by atoms with Crippen LogP contribution in [0, 0.1) is 5.92 Å². The number of hydrogen-bond donors (Lipinski definition) is 0. The van der Waals surface area contributed by atoms with E-state index in [1.165, 1.54) is 18.4 Å². The quantitative estimate of drug-likeness (QED) is 0.760. The van der Waals surface area contributed by atoms with Crippen LogP contribution < -0.4 is 4.74 Å². The minimum atomic E-state index is 0.583. The molecule has 1 aliphatic rings. The van der Waals surface area contributed by atoms with Crippen LogP contribution in [-0.4, -0.2) is 11.9 Å². The van der Waals surface area contributed by atoms with Gasteiger partial charge in [0.05, 0.1) is 7.11 Å². The van der Waals surface area contributed by atoms with Gasteiger partial charge in [-0.05, 0) is 36.5 Å². The fourth-order valence-corrected chi connectivity index (χ4v) is 3.33. The molecule has 0 saturated heterocycles. The fourth-order valence-electron chi connectivity index (χ4n) is 1.96. The van der Waals surface area contributed by atoms with E-state index in [9.17, 15) is 0 Å². The third kappa shape index (κ3) is 2.54. The van der Waals surface area contributed by atoms with Gasteiger partial charge in [0.25, 0.3) is 0 Å². The molecule has 0 aromatic heterocycles. The van der Waals surface area contributed by atoms with Crippen LogP contribution in [0.15, 0.2) is 24.3 Å². The first-order valence-corrected chi connectivity index (χ1v) is 6.92. The topological polar surface area (TPSA) is 9.23 Å². The molecular formula is C14H20OS. The Kier molecular flexibility index (Phi) is 3.48. The largest absolute Gasteiger partial charge is 0.497 e. The number of benzene rings is 1. The molecule has 0 radical (unpaired) electrons. The van der Waals surface area contributed by atoms with Gasteiger partial charge in [0, 0.05) is 10.5 Å². The standard InChI is InChI=1S/C14H20OS/c1-11(2)14(8-9-14)16-10-12-4-6-13(15-3)7-5-12/h4-7,11H,8-10H2,1-3H3. The first-order chi connectivity index (χ1) is 7.66. The zero-order valence-corrected chi connectivity index (χ0v) is 11.1. The molecule has 88 valence electrons. The summed E-state index contributed by atoms with van der Waals surface area (Å²) in [6.45, 7) is 4.68. The molecule has 1 aromatic carbocycles. The molecular weight excluding hydrogens is 216 g/mol. The zero-order valence-electron chi connectivity index (χ0n) is 10.3. The minimum absolute atomic E-state index is 0.583. The summed E-state index contributed by atoms with van der Waals surface area (Å²) in [4.78, 5) is 0. The Morgan fingerprint density at radius 3 is 2.31 bits per heavy atom. The molecule has 0 bridgehead atoms. The van der Waals surface area contributed by atoms with Crippen molar-refractivity contribution in [3.63, 3.8) is 0 Å². The van der Waals surface area contributed by atoms with Gasteiger partial charge < -0.3 is 4.74 Å². The third-order valence-electron chi connectivity index (χ3n) is 3.48. The van der Waals surface area contributed by atoms with Crippen LogP contribution in [0.2, 0.25) is 0 Å². The van der Waals surface area contributed by atoms with Crippen LogP contribution in [0.5, 0.6) is 5.75 Å². The van der Waals surface area contributed by atoms with E-state index in [4.69, 9.17) is 4.74 Å². The van der Waals surface area contributed by atoms with Gasteiger partial charge in [-0.2, -0.15) is 11.8 Å². The number of ether oxygens (including phenoxy) is 1. The van der Waals surface area contributed by atoms with Gasteiger partial charge in [-0.3, -0.25) is 0 Å². The van der Waals surface area contributed by atoms with Crippen molar-refractivity contribution in [1.82, 2.24) is 0 Å². The summed E-state index contributed by atoms with van der Waals surface area (Å²) in [5.41, 5.74) is 1.40. The molecule has 0 spiro atoms. The smallest absolute Gasteiger partial charge is 0.118 e. The maximum Gasteiger partial charge on any atom is 0.118 e. The predicted octanol–water partition coefficient (Wildman–Crippen LogP) is 4.12. The molecule has 1 aliphatic carbocycles. The van der Waals surface area contributed by atoms with E-state index in [2.05, 4.69) is 37.7 Å². The number of methoxy groups -OCH3 is 1. The lowest BCUT2D eigenvalue weighted by molar-refractivity contribution is 0.414. The van der Waals surface area contributed by atoms with Crippen LogP contribution in [0.25, 0.3) is 0 Å². The van der Waals surface area contributed by atoms with E-state index >= 15 is 0 Å². The SMILES string of the molecule is COc1ccc(CSC2(C(C)C)CC2)cc1. The summed E-state index contributed by atoms with van der Waals surface area (Å²) >= 11 is 2.12. The lowest BCUT2D eigenvalue weighted by atomic mass is 10.1. The maximum atomic E-state index is 5.16. The van der Waals surface area contributed by atoms with E-state index in [0.29, 0.717) is 4.75 Å². The molecule has 16 heavy (non-hydrogen) atoms. The van der Waals surface area contributed by atoms with Crippen LogP contribution in [0.3, 0.4) is 0 Å². The van der Waals surface area contributed by atoms with Gasteiger partial charge in [-0.1, -0.05) is 26.0 Å². The summed E-state index contributed by atoms with van der Waals surface area (Å²) < 4.78 is 5.74. The van der Waals surface area contributed by atoms with Crippen molar-refractivity contribution in [2.75, 3.05) is 7.11 Å². The monoisotopic (exact) mass is 236 g/mol. The van der Waals surface area contributed by atoms with Crippen molar-refractivity contribution >= 4 is 11.8 Å². The second-order valence-corrected chi connectivity index (χ2v) is 6.25. The second kappa shape index (κ2) is 4.70. The van der Waals surface area contributed by atoms with Crippen LogP contribution in [0.1, 0.15) is 32.3 Å². The molecule has 0 amide bonds. The molecule has 0 atom stereocenters. The Hall–Kier alpha value is -0.630. The van der Waals surface area contributed by atoms with E-state index in [1.807, 2.05) is 12.1 Å². The van der Waals surface area contributed by atoms with Gasteiger partial charge >= 0.3 is 0 Å². The summed E-state index contributed by atoms with van der Waals surface area (Å²) in [5.74, 6) is 2.87. The molecule has 2 rings (SSSR count). The summed E-state index contributed by atoms with van der Waals surface area (Å²) in [5, 5.41) is 0. The Bertz CT molecular complexity index is 338. The molecule has 0 heterocycles. The maximum absolute atomic E-state index is 5.16. The van der Waals surface area contributed by atoms with E-state index in [-0.39, 0.29) is 0 Å². The molecule has 0 N–H and O–H groups in total. The Labute approximate surface area is 103 Å². The normalized spacial score (nSPS) is 17.5. The number of thioether (sulfide) groups is 1. The fraction of sp³-hybridized carbons (Fsp3) is 0.571. The molecule has 0 unspecified atom stereocenters. The highest BCUT2D eigenvalue weighted by Gasteiger charge is 2.45. The van der Waals surface area contributed by atoms with E-state index in [1.54, 1.807) is 7.11 Å². The summed E-state index contributed by atoms with van der Waals surface area (Å²) in [7, 11) is 1.71. The first kappa shape index (κ1) is 11.8. The molecule has 0 aliphatic heterocycles. The van der Waals surface area contributed by atoms with Crippen LogP contribution in [0.4, 0.5) is 0 Å². The molecule has 1 aromatic rings. The van der Waals surface area contributed by atoms with Crippen molar-refractivity contribution in [2.45, 2.75) is 37.2 Å². The van der Waals surface area contributed by atoms with Crippen molar-refractivity contribution in [1.29, 1.82) is 0 Å². The number of rotatable bonds is 5. The van der Waals surface area contributed by atoms with Gasteiger partial charge in [0.2, 0.25) is 0 Å². The molecule has 2 heteroatoms. The minimum Gasteiger partial charge on any atom is -0.497 e. The van der Waals surface area contributed by atoms with Gasteiger partial charge in [-0.25, -0.2) is 0 Å². The van der Waals surface area contributed by atoms with E-state index < -0.39 is 0 Å². The third-order valence-corrected chi connectivity index (χ3v) is 5.41. The second-order valence-electron chi connectivity index (χ2n) is 4.86. The van der Waals surface area contributed by atoms with Gasteiger partial charge in [0.1, 0.15) is 5.75 Å². The van der Waals surface area contributed by atoms with Crippen LogP contribution in [-0.2, 0) is 5.75 Å². The summed E-state index contributed by atoms with van der Waals surface area (Å²) in [6, 6.07) is 8.43. The predicted molar refractivity (Wildman–Crippen MR) is 71.1 cm³/mol. The van der Waals surface area contributed by atoms with Crippen molar-refractivity contribution in [2.24, 2.45) is 5.92 Å². The van der Waals surface area contributed by atoms with Crippen molar-refractivity contribution in [3.8, 4) is 5.75 Å². The molecule has 1 nitrogen and oxygen atoms in total. The highest BCUT2D eigenvalue weighted by Crippen LogP contribution is 2.54. The number of hydrogen-bond acceptors (Lipinski definition) is 2. The molecule has 1 fully saturated rings. The Balaban J connectivity index is 1.90. The molecule has 1 saturated carbocycles. The van der Waals surface area contributed by atoms with Crippen molar-refractivity contribution in [3.05, 3.63) is 29.8 Å². The zero-order chi connectivity index (χ0) is 11.6. The van der Waals surface area contributed by atoms with E-state index in [0.717, 1.165) is 17.4 Å². The lowest BCUT2D eigenvalue weighted by Gasteiger charge is -2.18. The van der Waals surface area contributed by atoms with Crippen molar-refractivity contribution < 1.29 is 4.74 Å². The van der Waals surface area contributed by atoms with Gasteiger partial charge in [-0.15, -0.1) is 0 Å². The Morgan fingerprint density at radius 2 is 1.88 bits per heavy atom. The highest BCUT2D eigenvalue weighted by molar-refractivity contribution is 8.00. The summed E-state index contributed by atoms with van der Waals surface area (Å²) in [6.07, 6.45) is 2.79. The average molecular weight is 236 g/mol. The average Bonchev–Trinajstić information content (AvgIpc) is 3.08. The highest BCUT2D eigenvalue weighted by atomic mass is 32.2. The van der Waals surface area contributed by atoms with Gasteiger partial charge in [0.15, 0.2) is 0 Å². The van der Waals surface area contributed by atoms with Crippen LogP contribution >= 0.6 is 11.8 Å². The lowest BCUT2D eigenvalue weighted by Crippen LogP contribution is -2.12. The first-order valence-electron chi connectivity index (χ1n) is 5.93.